The second kappa shape index (κ2) is 6.52. The van der Waals surface area contributed by atoms with Crippen molar-refractivity contribution in [2.24, 2.45) is 0 Å². The third kappa shape index (κ3) is 3.36. The van der Waals surface area contributed by atoms with Crippen molar-refractivity contribution in [3.05, 3.63) is 47.5 Å². The van der Waals surface area contributed by atoms with Gasteiger partial charge in [0.15, 0.2) is 0 Å². The van der Waals surface area contributed by atoms with Gasteiger partial charge in [0.2, 0.25) is 0 Å². The van der Waals surface area contributed by atoms with E-state index in [1.807, 2.05) is 24.7 Å². The molecule has 1 unspecified atom stereocenters. The smallest absolute Gasteiger partial charge is 0.131 e. The van der Waals surface area contributed by atoms with Crippen molar-refractivity contribution in [3.8, 4) is 5.75 Å². The lowest BCUT2D eigenvalue weighted by molar-refractivity contribution is 0.304. The van der Waals surface area contributed by atoms with E-state index in [0.29, 0.717) is 17.9 Å². The lowest BCUT2D eigenvalue weighted by atomic mass is 10.1. The summed E-state index contributed by atoms with van der Waals surface area (Å²) >= 11 is 0. The van der Waals surface area contributed by atoms with Gasteiger partial charge in [-0.15, -0.1) is 0 Å². The van der Waals surface area contributed by atoms with Gasteiger partial charge in [-0.3, -0.25) is 4.68 Å². The molecule has 5 heteroatoms. The first-order chi connectivity index (χ1) is 9.63. The monoisotopic (exact) mass is 277 g/mol. The van der Waals surface area contributed by atoms with Gasteiger partial charge in [0.05, 0.1) is 6.20 Å². The van der Waals surface area contributed by atoms with Crippen LogP contribution in [0.15, 0.2) is 30.6 Å². The highest BCUT2D eigenvalue weighted by Gasteiger charge is 2.10. The maximum atomic E-state index is 13.9. The summed E-state index contributed by atoms with van der Waals surface area (Å²) in [4.78, 5) is 0. The molecule has 20 heavy (non-hydrogen) atoms. The van der Waals surface area contributed by atoms with Crippen LogP contribution in [0.25, 0.3) is 0 Å². The van der Waals surface area contributed by atoms with Gasteiger partial charge in [-0.05, 0) is 27.0 Å². The molecule has 1 N–H and O–H groups in total. The summed E-state index contributed by atoms with van der Waals surface area (Å²) in [6, 6.07) is 4.94. The number of rotatable bonds is 6. The van der Waals surface area contributed by atoms with E-state index in [0.717, 1.165) is 12.1 Å². The highest BCUT2D eigenvalue weighted by atomic mass is 19.1. The summed E-state index contributed by atoms with van der Waals surface area (Å²) in [5.41, 5.74) is 1.61. The molecule has 1 atom stereocenters. The summed E-state index contributed by atoms with van der Waals surface area (Å²) in [7, 11) is 1.81. The van der Waals surface area contributed by atoms with Gasteiger partial charge in [0, 0.05) is 36.0 Å². The summed E-state index contributed by atoms with van der Waals surface area (Å²) < 4.78 is 21.4. The van der Waals surface area contributed by atoms with Crippen LogP contribution in [0.3, 0.4) is 0 Å². The van der Waals surface area contributed by atoms with E-state index in [-0.39, 0.29) is 11.9 Å². The SMILES string of the molecule is CCn1cc(COc2ccc(C(C)NC)c(F)c2)cn1. The van der Waals surface area contributed by atoms with Crippen molar-refractivity contribution >= 4 is 0 Å². The minimum absolute atomic E-state index is 0.0214. The molecule has 0 amide bonds. The van der Waals surface area contributed by atoms with Crippen LogP contribution < -0.4 is 10.1 Å². The molecule has 0 radical (unpaired) electrons. The Balaban J connectivity index is 2.01. The summed E-state index contributed by atoms with van der Waals surface area (Å²) in [5.74, 6) is 0.271. The van der Waals surface area contributed by atoms with Crippen LogP contribution in [-0.2, 0) is 13.2 Å². The van der Waals surface area contributed by atoms with E-state index in [1.54, 1.807) is 25.4 Å². The second-order valence-corrected chi connectivity index (χ2v) is 4.69. The van der Waals surface area contributed by atoms with E-state index < -0.39 is 0 Å². The number of hydrogen-bond donors (Lipinski definition) is 1. The van der Waals surface area contributed by atoms with Gasteiger partial charge in [0.25, 0.3) is 0 Å². The Hall–Kier alpha value is -1.88. The fourth-order valence-corrected chi connectivity index (χ4v) is 1.92. The Morgan fingerprint density at radius 3 is 2.85 bits per heavy atom. The Morgan fingerprint density at radius 2 is 2.25 bits per heavy atom. The van der Waals surface area contributed by atoms with Crippen LogP contribution in [0.2, 0.25) is 0 Å². The van der Waals surface area contributed by atoms with E-state index in [9.17, 15) is 4.39 Å². The Kier molecular flexibility index (Phi) is 4.74. The Bertz CT molecular complexity index is 568. The largest absolute Gasteiger partial charge is 0.489 e. The fraction of sp³-hybridized carbons (Fsp3) is 0.400. The van der Waals surface area contributed by atoms with Crippen molar-refractivity contribution in [2.45, 2.75) is 33.0 Å². The normalized spacial score (nSPS) is 12.4. The quantitative estimate of drug-likeness (QED) is 0.882. The van der Waals surface area contributed by atoms with Gasteiger partial charge in [-0.2, -0.15) is 5.10 Å². The number of benzene rings is 1. The predicted octanol–water partition coefficient (Wildman–Crippen LogP) is 2.90. The van der Waals surface area contributed by atoms with E-state index >= 15 is 0 Å². The van der Waals surface area contributed by atoms with Gasteiger partial charge in [-0.1, -0.05) is 6.07 Å². The number of ether oxygens (including phenoxy) is 1. The molecule has 0 aliphatic carbocycles. The van der Waals surface area contributed by atoms with Crippen molar-refractivity contribution < 1.29 is 9.13 Å². The molecule has 4 nitrogen and oxygen atoms in total. The van der Waals surface area contributed by atoms with Crippen LogP contribution in [0.4, 0.5) is 4.39 Å². The van der Waals surface area contributed by atoms with Crippen molar-refractivity contribution in [3.63, 3.8) is 0 Å². The Morgan fingerprint density at radius 1 is 1.45 bits per heavy atom. The van der Waals surface area contributed by atoms with E-state index in [1.165, 1.54) is 6.07 Å². The molecule has 108 valence electrons. The number of aromatic nitrogens is 2. The lowest BCUT2D eigenvalue weighted by Gasteiger charge is -2.13. The first-order valence-electron chi connectivity index (χ1n) is 6.75. The standard InChI is InChI=1S/C15H20FN3O/c1-4-19-9-12(8-18-19)10-20-13-5-6-14(11(2)17-3)15(16)7-13/h5-9,11,17H,4,10H2,1-3H3. The maximum Gasteiger partial charge on any atom is 0.131 e. The minimum Gasteiger partial charge on any atom is -0.489 e. The summed E-state index contributed by atoms with van der Waals surface area (Å²) in [6.45, 7) is 5.15. The highest BCUT2D eigenvalue weighted by molar-refractivity contribution is 5.30. The van der Waals surface area contributed by atoms with E-state index in [2.05, 4.69) is 10.4 Å². The van der Waals surface area contributed by atoms with Crippen molar-refractivity contribution in [2.75, 3.05) is 7.05 Å². The molecule has 0 saturated carbocycles. The molecule has 1 aromatic heterocycles. The van der Waals surface area contributed by atoms with Crippen molar-refractivity contribution in [1.29, 1.82) is 0 Å². The predicted molar refractivity (Wildman–Crippen MR) is 76.1 cm³/mol. The third-order valence-corrected chi connectivity index (χ3v) is 3.29. The summed E-state index contributed by atoms with van der Waals surface area (Å²) in [6.07, 6.45) is 3.69. The zero-order chi connectivity index (χ0) is 14.5. The summed E-state index contributed by atoms with van der Waals surface area (Å²) in [5, 5.41) is 7.18. The molecule has 0 fully saturated rings. The highest BCUT2D eigenvalue weighted by Crippen LogP contribution is 2.22. The van der Waals surface area contributed by atoms with Crippen LogP contribution in [0.1, 0.15) is 31.0 Å². The molecule has 0 aliphatic rings. The molecule has 0 bridgehead atoms. The van der Waals surface area contributed by atoms with Crippen molar-refractivity contribution in [1.82, 2.24) is 15.1 Å². The molecule has 1 aromatic carbocycles. The average Bonchev–Trinajstić information content (AvgIpc) is 2.92. The average molecular weight is 277 g/mol. The molecule has 0 spiro atoms. The first-order valence-corrected chi connectivity index (χ1v) is 6.75. The lowest BCUT2D eigenvalue weighted by Crippen LogP contribution is -2.13. The number of nitrogens with zero attached hydrogens (tertiary/aromatic N) is 2. The molecular formula is C15H20FN3O. The second-order valence-electron chi connectivity index (χ2n) is 4.69. The van der Waals surface area contributed by atoms with E-state index in [4.69, 9.17) is 4.74 Å². The van der Waals surface area contributed by atoms with Gasteiger partial charge >= 0.3 is 0 Å². The molecule has 1 heterocycles. The zero-order valence-corrected chi connectivity index (χ0v) is 12.1. The topological polar surface area (TPSA) is 39.1 Å². The Labute approximate surface area is 118 Å². The van der Waals surface area contributed by atoms with Crippen LogP contribution >= 0.6 is 0 Å². The number of halogens is 1. The number of hydrogen-bond acceptors (Lipinski definition) is 3. The molecule has 0 saturated heterocycles. The van der Waals surface area contributed by atoms with Gasteiger partial charge in [0.1, 0.15) is 18.2 Å². The number of nitrogens with one attached hydrogen (secondary N) is 1. The molecular weight excluding hydrogens is 257 g/mol. The first kappa shape index (κ1) is 14.5. The number of aryl methyl sites for hydroxylation is 1. The van der Waals surface area contributed by atoms with Crippen LogP contribution in [-0.4, -0.2) is 16.8 Å². The molecule has 2 rings (SSSR count). The van der Waals surface area contributed by atoms with Crippen LogP contribution in [0, 0.1) is 5.82 Å². The molecule has 0 aliphatic heterocycles. The zero-order valence-electron chi connectivity index (χ0n) is 12.1. The fourth-order valence-electron chi connectivity index (χ4n) is 1.92. The van der Waals surface area contributed by atoms with Crippen LogP contribution in [0.5, 0.6) is 5.75 Å². The minimum atomic E-state index is -0.256. The van der Waals surface area contributed by atoms with Gasteiger partial charge in [-0.25, -0.2) is 4.39 Å². The van der Waals surface area contributed by atoms with Gasteiger partial charge < -0.3 is 10.1 Å². The molecule has 2 aromatic rings. The maximum absolute atomic E-state index is 13.9. The third-order valence-electron chi connectivity index (χ3n) is 3.29.